The summed E-state index contributed by atoms with van der Waals surface area (Å²) in [4.78, 5) is 2.44. The standard InChI is InChI=1S/C10H21NO/c1-3-9-5-6-11(4-2)7-10(9)8-12/h9-10,12H,3-8H2,1-2H3/t9-,10-/m0/s1. The van der Waals surface area contributed by atoms with Crippen molar-refractivity contribution in [2.45, 2.75) is 26.7 Å². The first-order valence-electron chi connectivity index (χ1n) is 5.15. The molecule has 0 saturated carbocycles. The first kappa shape index (κ1) is 10.0. The molecule has 0 aromatic rings. The fourth-order valence-corrected chi connectivity index (χ4v) is 2.19. The Balaban J connectivity index is 2.41. The quantitative estimate of drug-likeness (QED) is 0.693. The minimum atomic E-state index is 0.370. The Morgan fingerprint density at radius 1 is 1.33 bits per heavy atom. The van der Waals surface area contributed by atoms with Crippen molar-refractivity contribution in [3.8, 4) is 0 Å². The first-order valence-corrected chi connectivity index (χ1v) is 5.15. The van der Waals surface area contributed by atoms with Crippen LogP contribution in [0.2, 0.25) is 0 Å². The van der Waals surface area contributed by atoms with Gasteiger partial charge in [0.2, 0.25) is 0 Å². The van der Waals surface area contributed by atoms with Crippen molar-refractivity contribution in [2.75, 3.05) is 26.2 Å². The van der Waals surface area contributed by atoms with Crippen LogP contribution in [0.4, 0.5) is 0 Å². The number of hydrogen-bond acceptors (Lipinski definition) is 2. The van der Waals surface area contributed by atoms with Crippen LogP contribution in [-0.4, -0.2) is 36.2 Å². The number of aliphatic hydroxyl groups excluding tert-OH is 1. The van der Waals surface area contributed by atoms with Crippen molar-refractivity contribution in [1.29, 1.82) is 0 Å². The number of aliphatic hydroxyl groups is 1. The molecule has 0 amide bonds. The SMILES string of the molecule is CC[C@H]1CCN(CC)C[C@H]1CO. The minimum absolute atomic E-state index is 0.370. The van der Waals surface area contributed by atoms with Crippen LogP contribution in [0.25, 0.3) is 0 Å². The zero-order chi connectivity index (χ0) is 8.97. The van der Waals surface area contributed by atoms with E-state index >= 15 is 0 Å². The molecular formula is C10H21NO. The fourth-order valence-electron chi connectivity index (χ4n) is 2.19. The summed E-state index contributed by atoms with van der Waals surface area (Å²) in [5, 5.41) is 9.18. The highest BCUT2D eigenvalue weighted by Crippen LogP contribution is 2.25. The van der Waals surface area contributed by atoms with Gasteiger partial charge in [-0.15, -0.1) is 0 Å². The Kier molecular flexibility index (Phi) is 4.02. The second-order valence-corrected chi connectivity index (χ2v) is 3.79. The number of rotatable bonds is 3. The van der Waals surface area contributed by atoms with Crippen LogP contribution >= 0.6 is 0 Å². The van der Waals surface area contributed by atoms with Gasteiger partial charge in [0.05, 0.1) is 0 Å². The zero-order valence-corrected chi connectivity index (χ0v) is 8.29. The van der Waals surface area contributed by atoms with Gasteiger partial charge in [-0.2, -0.15) is 0 Å². The molecule has 0 bridgehead atoms. The van der Waals surface area contributed by atoms with Crippen LogP contribution in [0, 0.1) is 11.8 Å². The number of piperidine rings is 1. The van der Waals surface area contributed by atoms with Gasteiger partial charge in [-0.05, 0) is 31.3 Å². The van der Waals surface area contributed by atoms with Gasteiger partial charge in [-0.3, -0.25) is 0 Å². The summed E-state index contributed by atoms with van der Waals surface area (Å²) in [5.74, 6) is 1.29. The molecule has 0 spiro atoms. The summed E-state index contributed by atoms with van der Waals surface area (Å²) in [6, 6.07) is 0. The van der Waals surface area contributed by atoms with E-state index in [0.717, 1.165) is 19.0 Å². The summed E-state index contributed by atoms with van der Waals surface area (Å²) >= 11 is 0. The van der Waals surface area contributed by atoms with E-state index in [2.05, 4.69) is 18.7 Å². The molecule has 72 valence electrons. The molecule has 2 nitrogen and oxygen atoms in total. The Labute approximate surface area is 75.6 Å². The van der Waals surface area contributed by atoms with Crippen molar-refractivity contribution in [3.05, 3.63) is 0 Å². The van der Waals surface area contributed by atoms with Gasteiger partial charge < -0.3 is 10.0 Å². The molecule has 1 rings (SSSR count). The van der Waals surface area contributed by atoms with E-state index in [0.29, 0.717) is 12.5 Å². The van der Waals surface area contributed by atoms with Gasteiger partial charge in [0, 0.05) is 13.2 Å². The summed E-state index contributed by atoms with van der Waals surface area (Å²) in [5.41, 5.74) is 0. The van der Waals surface area contributed by atoms with Gasteiger partial charge in [-0.25, -0.2) is 0 Å². The van der Waals surface area contributed by atoms with Gasteiger partial charge in [0.25, 0.3) is 0 Å². The predicted molar refractivity (Wildman–Crippen MR) is 51.1 cm³/mol. The van der Waals surface area contributed by atoms with Crippen LogP contribution in [0.5, 0.6) is 0 Å². The lowest BCUT2D eigenvalue weighted by molar-refractivity contribution is 0.0736. The van der Waals surface area contributed by atoms with E-state index < -0.39 is 0 Å². The second-order valence-electron chi connectivity index (χ2n) is 3.79. The van der Waals surface area contributed by atoms with Gasteiger partial charge in [0.15, 0.2) is 0 Å². The lowest BCUT2D eigenvalue weighted by atomic mass is 9.84. The molecule has 1 aliphatic rings. The highest BCUT2D eigenvalue weighted by Gasteiger charge is 2.26. The molecule has 1 heterocycles. The lowest BCUT2D eigenvalue weighted by Gasteiger charge is -2.36. The van der Waals surface area contributed by atoms with E-state index in [1.165, 1.54) is 19.4 Å². The van der Waals surface area contributed by atoms with Crippen molar-refractivity contribution < 1.29 is 5.11 Å². The Bertz CT molecular complexity index is 127. The van der Waals surface area contributed by atoms with Crippen molar-refractivity contribution in [2.24, 2.45) is 11.8 Å². The van der Waals surface area contributed by atoms with E-state index in [4.69, 9.17) is 0 Å². The molecule has 1 N–H and O–H groups in total. The highest BCUT2D eigenvalue weighted by atomic mass is 16.3. The van der Waals surface area contributed by atoms with E-state index in [9.17, 15) is 5.11 Å². The van der Waals surface area contributed by atoms with Crippen LogP contribution in [0.3, 0.4) is 0 Å². The smallest absolute Gasteiger partial charge is 0.0474 e. The average molecular weight is 171 g/mol. The average Bonchev–Trinajstić information content (AvgIpc) is 2.16. The third-order valence-electron chi connectivity index (χ3n) is 3.18. The third kappa shape index (κ3) is 2.20. The zero-order valence-electron chi connectivity index (χ0n) is 8.29. The molecule has 2 atom stereocenters. The van der Waals surface area contributed by atoms with Gasteiger partial charge in [0.1, 0.15) is 0 Å². The molecule has 0 aliphatic carbocycles. The number of hydrogen-bond donors (Lipinski definition) is 1. The molecule has 1 saturated heterocycles. The molecular weight excluding hydrogens is 150 g/mol. The first-order chi connectivity index (χ1) is 5.81. The van der Waals surface area contributed by atoms with E-state index in [-0.39, 0.29) is 0 Å². The summed E-state index contributed by atoms with van der Waals surface area (Å²) in [7, 11) is 0. The molecule has 0 aromatic heterocycles. The number of likely N-dealkylation sites (tertiary alicyclic amines) is 1. The predicted octanol–water partition coefficient (Wildman–Crippen LogP) is 1.35. The van der Waals surface area contributed by atoms with Crippen LogP contribution in [-0.2, 0) is 0 Å². The maximum Gasteiger partial charge on any atom is 0.0474 e. The van der Waals surface area contributed by atoms with Gasteiger partial charge in [-0.1, -0.05) is 20.3 Å². The summed E-state index contributed by atoms with van der Waals surface area (Å²) in [6.45, 7) is 8.26. The lowest BCUT2D eigenvalue weighted by Crippen LogP contribution is -2.41. The van der Waals surface area contributed by atoms with E-state index in [1.54, 1.807) is 0 Å². The fraction of sp³-hybridized carbons (Fsp3) is 1.00. The van der Waals surface area contributed by atoms with E-state index in [1.807, 2.05) is 0 Å². The Morgan fingerprint density at radius 3 is 2.58 bits per heavy atom. The topological polar surface area (TPSA) is 23.5 Å². The molecule has 2 heteroatoms. The molecule has 0 aromatic carbocycles. The molecule has 0 unspecified atom stereocenters. The third-order valence-corrected chi connectivity index (χ3v) is 3.18. The monoisotopic (exact) mass is 171 g/mol. The summed E-state index contributed by atoms with van der Waals surface area (Å²) in [6.07, 6.45) is 2.50. The maximum absolute atomic E-state index is 9.18. The van der Waals surface area contributed by atoms with Crippen molar-refractivity contribution >= 4 is 0 Å². The number of nitrogens with zero attached hydrogens (tertiary/aromatic N) is 1. The Morgan fingerprint density at radius 2 is 2.08 bits per heavy atom. The summed E-state index contributed by atoms with van der Waals surface area (Å²) < 4.78 is 0. The highest BCUT2D eigenvalue weighted by molar-refractivity contribution is 4.78. The van der Waals surface area contributed by atoms with Crippen LogP contribution in [0.1, 0.15) is 26.7 Å². The Hall–Kier alpha value is -0.0800. The maximum atomic E-state index is 9.18. The minimum Gasteiger partial charge on any atom is -0.396 e. The van der Waals surface area contributed by atoms with Crippen molar-refractivity contribution in [1.82, 2.24) is 4.90 Å². The molecule has 0 radical (unpaired) electrons. The second kappa shape index (κ2) is 4.83. The van der Waals surface area contributed by atoms with Gasteiger partial charge >= 0.3 is 0 Å². The normalized spacial score (nSPS) is 32.2. The molecule has 1 fully saturated rings. The van der Waals surface area contributed by atoms with Crippen LogP contribution < -0.4 is 0 Å². The van der Waals surface area contributed by atoms with Crippen molar-refractivity contribution in [3.63, 3.8) is 0 Å². The molecule has 1 aliphatic heterocycles. The molecule has 12 heavy (non-hydrogen) atoms. The largest absolute Gasteiger partial charge is 0.396 e. The van der Waals surface area contributed by atoms with Crippen LogP contribution in [0.15, 0.2) is 0 Å².